The molecule has 118 valence electrons. The van der Waals surface area contributed by atoms with Crippen LogP contribution in [0.1, 0.15) is 38.2 Å². The molecule has 0 aromatic heterocycles. The molecule has 1 N–H and O–H groups in total. The van der Waals surface area contributed by atoms with Gasteiger partial charge < -0.3 is 10.2 Å². The van der Waals surface area contributed by atoms with Crippen LogP contribution in [0, 0.1) is 11.6 Å². The maximum Gasteiger partial charge on any atom is 0.126 e. The molecule has 0 amide bonds. The van der Waals surface area contributed by atoms with Crippen molar-refractivity contribution in [3.05, 3.63) is 35.4 Å². The second kappa shape index (κ2) is 6.84. The van der Waals surface area contributed by atoms with Crippen molar-refractivity contribution < 1.29 is 8.78 Å². The SMILES string of the molecule is CCNC(Cc1cc(F)cc(F)c1)C1(N(C)C)CCCC1. The molecule has 2 nitrogen and oxygen atoms in total. The van der Waals surface area contributed by atoms with Gasteiger partial charge in [-0.15, -0.1) is 0 Å². The minimum atomic E-state index is -0.495. The van der Waals surface area contributed by atoms with Crippen LogP contribution in [0.5, 0.6) is 0 Å². The summed E-state index contributed by atoms with van der Waals surface area (Å²) in [6.07, 6.45) is 5.36. The second-order valence-corrected chi connectivity index (χ2v) is 6.30. The van der Waals surface area contributed by atoms with E-state index in [1.165, 1.54) is 25.0 Å². The molecule has 2 rings (SSSR count). The zero-order chi connectivity index (χ0) is 15.5. The Morgan fingerprint density at radius 2 is 1.71 bits per heavy atom. The lowest BCUT2D eigenvalue weighted by Crippen LogP contribution is -2.58. The molecule has 0 bridgehead atoms. The van der Waals surface area contributed by atoms with Crippen molar-refractivity contribution in [1.29, 1.82) is 0 Å². The van der Waals surface area contributed by atoms with E-state index in [9.17, 15) is 8.78 Å². The molecule has 1 aliphatic carbocycles. The second-order valence-electron chi connectivity index (χ2n) is 6.30. The lowest BCUT2D eigenvalue weighted by atomic mass is 9.83. The molecule has 0 spiro atoms. The predicted molar refractivity (Wildman–Crippen MR) is 82.4 cm³/mol. The number of likely N-dealkylation sites (N-methyl/N-ethyl adjacent to an activating group) is 2. The highest BCUT2D eigenvalue weighted by Crippen LogP contribution is 2.38. The highest BCUT2D eigenvalue weighted by atomic mass is 19.1. The van der Waals surface area contributed by atoms with Crippen LogP contribution in [0.3, 0.4) is 0 Å². The van der Waals surface area contributed by atoms with E-state index in [-0.39, 0.29) is 11.6 Å². The van der Waals surface area contributed by atoms with Crippen molar-refractivity contribution in [2.45, 2.75) is 50.6 Å². The van der Waals surface area contributed by atoms with E-state index < -0.39 is 11.6 Å². The van der Waals surface area contributed by atoms with E-state index in [0.717, 1.165) is 31.0 Å². The topological polar surface area (TPSA) is 15.3 Å². The van der Waals surface area contributed by atoms with Gasteiger partial charge in [0, 0.05) is 17.6 Å². The third-order valence-corrected chi connectivity index (χ3v) is 4.82. The largest absolute Gasteiger partial charge is 0.312 e. The molecular formula is C17H26F2N2. The van der Waals surface area contributed by atoms with Gasteiger partial charge in [-0.3, -0.25) is 0 Å². The summed E-state index contributed by atoms with van der Waals surface area (Å²) in [6, 6.07) is 4.04. The lowest BCUT2D eigenvalue weighted by molar-refractivity contribution is 0.105. The molecular weight excluding hydrogens is 270 g/mol. The molecule has 1 atom stereocenters. The van der Waals surface area contributed by atoms with Crippen LogP contribution in [0.4, 0.5) is 8.78 Å². The smallest absolute Gasteiger partial charge is 0.126 e. The fraction of sp³-hybridized carbons (Fsp3) is 0.647. The fourth-order valence-electron chi connectivity index (χ4n) is 3.76. The first-order valence-electron chi connectivity index (χ1n) is 7.83. The summed E-state index contributed by atoms with van der Waals surface area (Å²) >= 11 is 0. The van der Waals surface area contributed by atoms with Crippen LogP contribution < -0.4 is 5.32 Å². The summed E-state index contributed by atoms with van der Waals surface area (Å²) in [7, 11) is 4.23. The van der Waals surface area contributed by atoms with E-state index in [4.69, 9.17) is 0 Å². The third kappa shape index (κ3) is 3.61. The normalized spacial score (nSPS) is 19.1. The van der Waals surface area contributed by atoms with Gasteiger partial charge in [0.25, 0.3) is 0 Å². The van der Waals surface area contributed by atoms with Crippen LogP contribution in [-0.4, -0.2) is 37.1 Å². The average molecular weight is 296 g/mol. The Balaban J connectivity index is 2.25. The van der Waals surface area contributed by atoms with E-state index in [1.807, 2.05) is 0 Å². The first kappa shape index (κ1) is 16.4. The highest BCUT2D eigenvalue weighted by Gasteiger charge is 2.42. The standard InChI is InChI=1S/C17H26F2N2/c1-4-20-16(17(21(2)3)7-5-6-8-17)11-13-9-14(18)12-15(19)10-13/h9-10,12,16,20H,4-8,11H2,1-3H3. The molecule has 1 aromatic carbocycles. The average Bonchev–Trinajstić information content (AvgIpc) is 2.87. The molecule has 1 saturated carbocycles. The first-order chi connectivity index (χ1) is 9.98. The number of nitrogens with one attached hydrogen (secondary N) is 1. The summed E-state index contributed by atoms with van der Waals surface area (Å²) in [5.41, 5.74) is 0.810. The van der Waals surface area contributed by atoms with Crippen LogP contribution in [0.2, 0.25) is 0 Å². The zero-order valence-corrected chi connectivity index (χ0v) is 13.3. The van der Waals surface area contributed by atoms with Gasteiger partial charge in [0.1, 0.15) is 11.6 Å². The molecule has 0 aliphatic heterocycles. The summed E-state index contributed by atoms with van der Waals surface area (Å²) in [4.78, 5) is 2.29. The van der Waals surface area contributed by atoms with Gasteiger partial charge in [-0.05, 0) is 57.6 Å². The predicted octanol–water partition coefficient (Wildman–Crippen LogP) is 3.36. The van der Waals surface area contributed by atoms with Gasteiger partial charge in [-0.1, -0.05) is 19.8 Å². The molecule has 0 radical (unpaired) electrons. The molecule has 1 aliphatic rings. The quantitative estimate of drug-likeness (QED) is 0.866. The van der Waals surface area contributed by atoms with E-state index in [1.54, 1.807) is 0 Å². The van der Waals surface area contributed by atoms with Crippen LogP contribution in [0.15, 0.2) is 18.2 Å². The van der Waals surface area contributed by atoms with Gasteiger partial charge in [0.2, 0.25) is 0 Å². The summed E-state index contributed by atoms with van der Waals surface area (Å²) < 4.78 is 26.8. The summed E-state index contributed by atoms with van der Waals surface area (Å²) in [6.45, 7) is 2.94. The first-order valence-corrected chi connectivity index (χ1v) is 7.83. The fourth-order valence-corrected chi connectivity index (χ4v) is 3.76. The molecule has 1 aromatic rings. The van der Waals surface area contributed by atoms with Crippen molar-refractivity contribution in [3.63, 3.8) is 0 Å². The molecule has 4 heteroatoms. The summed E-state index contributed by atoms with van der Waals surface area (Å²) in [5.74, 6) is -0.990. The van der Waals surface area contributed by atoms with E-state index in [0.29, 0.717) is 6.42 Å². The number of benzene rings is 1. The number of nitrogens with zero attached hydrogens (tertiary/aromatic N) is 1. The maximum absolute atomic E-state index is 13.4. The highest BCUT2D eigenvalue weighted by molar-refractivity contribution is 5.21. The molecule has 1 unspecified atom stereocenters. The van der Waals surface area contributed by atoms with E-state index in [2.05, 4.69) is 31.2 Å². The van der Waals surface area contributed by atoms with E-state index >= 15 is 0 Å². The van der Waals surface area contributed by atoms with Gasteiger partial charge in [-0.2, -0.15) is 0 Å². The van der Waals surface area contributed by atoms with Gasteiger partial charge in [0.15, 0.2) is 0 Å². The summed E-state index contributed by atoms with van der Waals surface area (Å²) in [5, 5.41) is 3.55. The lowest BCUT2D eigenvalue weighted by Gasteiger charge is -2.44. The Morgan fingerprint density at radius 1 is 1.14 bits per heavy atom. The van der Waals surface area contributed by atoms with Crippen molar-refractivity contribution in [3.8, 4) is 0 Å². The third-order valence-electron chi connectivity index (χ3n) is 4.82. The van der Waals surface area contributed by atoms with Crippen molar-refractivity contribution in [2.75, 3.05) is 20.6 Å². The molecule has 1 fully saturated rings. The Hall–Kier alpha value is -1.00. The monoisotopic (exact) mass is 296 g/mol. The van der Waals surface area contributed by atoms with Gasteiger partial charge >= 0.3 is 0 Å². The van der Waals surface area contributed by atoms with Crippen molar-refractivity contribution in [2.24, 2.45) is 0 Å². The van der Waals surface area contributed by atoms with Gasteiger partial charge in [-0.25, -0.2) is 8.78 Å². The minimum Gasteiger partial charge on any atom is -0.312 e. The van der Waals surface area contributed by atoms with Crippen LogP contribution >= 0.6 is 0 Å². The Labute approximate surface area is 126 Å². The number of halogens is 2. The number of hydrogen-bond acceptors (Lipinski definition) is 2. The Kier molecular flexibility index (Phi) is 5.33. The number of rotatable bonds is 6. The van der Waals surface area contributed by atoms with Crippen LogP contribution in [0.25, 0.3) is 0 Å². The molecule has 0 saturated heterocycles. The maximum atomic E-state index is 13.4. The van der Waals surface area contributed by atoms with Gasteiger partial charge in [0.05, 0.1) is 0 Å². The van der Waals surface area contributed by atoms with Crippen molar-refractivity contribution >= 4 is 0 Å². The zero-order valence-electron chi connectivity index (χ0n) is 13.3. The van der Waals surface area contributed by atoms with Crippen LogP contribution in [-0.2, 0) is 6.42 Å². The Bertz CT molecular complexity index is 448. The number of hydrogen-bond donors (Lipinski definition) is 1. The molecule has 21 heavy (non-hydrogen) atoms. The van der Waals surface area contributed by atoms with Crippen molar-refractivity contribution in [1.82, 2.24) is 10.2 Å². The minimum absolute atomic E-state index is 0.0821. The molecule has 0 heterocycles. The Morgan fingerprint density at radius 3 is 2.19 bits per heavy atom.